The summed E-state index contributed by atoms with van der Waals surface area (Å²) in [5.41, 5.74) is -0.465. The third-order valence-electron chi connectivity index (χ3n) is 6.70. The molecule has 0 aliphatic heterocycles. The Morgan fingerprint density at radius 1 is 0.750 bits per heavy atom. The van der Waals surface area contributed by atoms with E-state index in [2.05, 4.69) is 10.6 Å². The largest absolute Gasteiger partial charge is 0.496 e. The van der Waals surface area contributed by atoms with E-state index in [0.717, 1.165) is 11.8 Å². The van der Waals surface area contributed by atoms with Gasteiger partial charge in [-0.3, -0.25) is 14.4 Å². The Balaban J connectivity index is 1.58. The van der Waals surface area contributed by atoms with Gasteiger partial charge in [-0.05, 0) is 49.4 Å². The van der Waals surface area contributed by atoms with Crippen molar-refractivity contribution >= 4 is 46.9 Å². The first-order valence-corrected chi connectivity index (χ1v) is 14.9. The van der Waals surface area contributed by atoms with E-state index in [4.69, 9.17) is 14.2 Å². The SMILES string of the molecule is COc1cc(OC)c(OC)cc1/C=C(/NC(=O)c1ccccc1)C(=O)Nc1cccc(SC(C)C(=O)Nc2c(F)c(F)cc(F)c2F)c1. The molecule has 250 valence electrons. The van der Waals surface area contributed by atoms with Crippen molar-refractivity contribution in [1.82, 2.24) is 5.32 Å². The standard InChI is InChI=1S/C34H29F4N3O6S/c1-18(32(42)41-31-29(37)23(35)16-24(36)30(31)38)48-22-12-8-11-21(15-22)39-34(44)25(40-33(43)19-9-6-5-7-10-19)13-20-14-27(46-3)28(47-4)17-26(20)45-2/h5-18H,1-4H3,(H,39,44)(H,40,43)(H,41,42)/b25-13+. The molecule has 0 fully saturated rings. The number of ether oxygens (including phenoxy) is 3. The average molecular weight is 684 g/mol. The predicted octanol–water partition coefficient (Wildman–Crippen LogP) is 6.80. The third kappa shape index (κ3) is 8.45. The van der Waals surface area contributed by atoms with Crippen LogP contribution in [0, 0.1) is 23.3 Å². The van der Waals surface area contributed by atoms with Crippen LogP contribution in [-0.4, -0.2) is 44.3 Å². The van der Waals surface area contributed by atoms with Crippen LogP contribution in [0.1, 0.15) is 22.8 Å². The van der Waals surface area contributed by atoms with Crippen molar-refractivity contribution in [2.24, 2.45) is 0 Å². The second kappa shape index (κ2) is 15.9. The molecule has 0 aromatic heterocycles. The van der Waals surface area contributed by atoms with Crippen LogP contribution >= 0.6 is 11.8 Å². The van der Waals surface area contributed by atoms with Gasteiger partial charge in [0.05, 0.1) is 26.6 Å². The third-order valence-corrected chi connectivity index (χ3v) is 7.79. The van der Waals surface area contributed by atoms with Crippen LogP contribution in [0.2, 0.25) is 0 Å². The molecule has 0 bridgehead atoms. The second-order valence-electron chi connectivity index (χ2n) is 9.90. The predicted molar refractivity (Wildman–Crippen MR) is 173 cm³/mol. The van der Waals surface area contributed by atoms with E-state index in [-0.39, 0.29) is 17.5 Å². The molecule has 4 rings (SSSR count). The highest BCUT2D eigenvalue weighted by atomic mass is 32.2. The van der Waals surface area contributed by atoms with Crippen molar-refractivity contribution in [2.75, 3.05) is 32.0 Å². The molecule has 3 amide bonds. The monoisotopic (exact) mass is 683 g/mol. The summed E-state index contributed by atoms with van der Waals surface area (Å²) < 4.78 is 71.5. The van der Waals surface area contributed by atoms with Gasteiger partial charge >= 0.3 is 0 Å². The van der Waals surface area contributed by atoms with Gasteiger partial charge in [0, 0.05) is 33.8 Å². The second-order valence-corrected chi connectivity index (χ2v) is 11.3. The van der Waals surface area contributed by atoms with E-state index >= 15 is 0 Å². The molecule has 0 saturated heterocycles. The lowest BCUT2D eigenvalue weighted by Crippen LogP contribution is -2.30. The van der Waals surface area contributed by atoms with Gasteiger partial charge in [-0.2, -0.15) is 0 Å². The van der Waals surface area contributed by atoms with E-state index in [1.54, 1.807) is 60.7 Å². The summed E-state index contributed by atoms with van der Waals surface area (Å²) in [5, 5.41) is 6.22. The minimum atomic E-state index is -1.74. The van der Waals surface area contributed by atoms with E-state index in [1.165, 1.54) is 40.4 Å². The molecule has 48 heavy (non-hydrogen) atoms. The number of methoxy groups -OCH3 is 3. The molecule has 4 aromatic carbocycles. The number of amides is 3. The van der Waals surface area contributed by atoms with Gasteiger partial charge in [-0.15, -0.1) is 11.8 Å². The van der Waals surface area contributed by atoms with Crippen molar-refractivity contribution in [3.63, 3.8) is 0 Å². The molecule has 0 aliphatic carbocycles. The van der Waals surface area contributed by atoms with Crippen molar-refractivity contribution in [1.29, 1.82) is 0 Å². The quantitative estimate of drug-likeness (QED) is 0.0652. The van der Waals surface area contributed by atoms with Gasteiger partial charge < -0.3 is 30.2 Å². The van der Waals surface area contributed by atoms with E-state index in [0.29, 0.717) is 33.3 Å². The highest BCUT2D eigenvalue weighted by molar-refractivity contribution is 8.00. The summed E-state index contributed by atoms with van der Waals surface area (Å²) in [6, 6.07) is 17.7. The fourth-order valence-corrected chi connectivity index (χ4v) is 5.20. The average Bonchev–Trinajstić information content (AvgIpc) is 3.08. The van der Waals surface area contributed by atoms with Crippen molar-refractivity contribution < 1.29 is 46.2 Å². The molecule has 1 atom stereocenters. The summed E-state index contributed by atoms with van der Waals surface area (Å²) in [6.07, 6.45) is 1.40. The van der Waals surface area contributed by atoms with Crippen LogP contribution in [0.25, 0.3) is 6.08 Å². The maximum Gasteiger partial charge on any atom is 0.272 e. The van der Waals surface area contributed by atoms with E-state index in [1.807, 2.05) is 5.32 Å². The zero-order valence-corrected chi connectivity index (χ0v) is 26.8. The number of nitrogens with one attached hydrogen (secondary N) is 3. The van der Waals surface area contributed by atoms with Gasteiger partial charge in [0.2, 0.25) is 5.91 Å². The maximum atomic E-state index is 14.1. The number of rotatable bonds is 12. The van der Waals surface area contributed by atoms with E-state index in [9.17, 15) is 31.9 Å². The van der Waals surface area contributed by atoms with Gasteiger partial charge in [-0.1, -0.05) is 24.3 Å². The minimum Gasteiger partial charge on any atom is -0.496 e. The highest BCUT2D eigenvalue weighted by Gasteiger charge is 2.24. The molecular weight excluding hydrogens is 654 g/mol. The smallest absolute Gasteiger partial charge is 0.272 e. The molecule has 9 nitrogen and oxygen atoms in total. The van der Waals surface area contributed by atoms with Crippen LogP contribution in [0.3, 0.4) is 0 Å². The number of carbonyl (C=O) groups excluding carboxylic acids is 3. The van der Waals surface area contributed by atoms with Crippen molar-refractivity contribution in [2.45, 2.75) is 17.1 Å². The highest BCUT2D eigenvalue weighted by Crippen LogP contribution is 2.36. The van der Waals surface area contributed by atoms with Crippen LogP contribution in [-0.2, 0) is 9.59 Å². The summed E-state index contributed by atoms with van der Waals surface area (Å²) in [6.45, 7) is 1.41. The molecule has 0 spiro atoms. The first-order chi connectivity index (χ1) is 22.9. The number of hydrogen-bond acceptors (Lipinski definition) is 7. The van der Waals surface area contributed by atoms with Crippen molar-refractivity contribution in [3.8, 4) is 17.2 Å². The fourth-order valence-electron chi connectivity index (χ4n) is 4.27. The molecule has 14 heteroatoms. The Morgan fingerprint density at radius 2 is 1.38 bits per heavy atom. The number of carbonyl (C=O) groups is 3. The molecule has 0 aliphatic rings. The van der Waals surface area contributed by atoms with Crippen LogP contribution in [0.15, 0.2) is 83.4 Å². The number of benzene rings is 4. The van der Waals surface area contributed by atoms with Gasteiger partial charge in [0.15, 0.2) is 34.8 Å². The zero-order valence-electron chi connectivity index (χ0n) is 26.0. The van der Waals surface area contributed by atoms with Crippen molar-refractivity contribution in [3.05, 3.63) is 113 Å². The van der Waals surface area contributed by atoms with Gasteiger partial charge in [0.25, 0.3) is 11.8 Å². The summed E-state index contributed by atoms with van der Waals surface area (Å²) in [5.74, 6) is -7.98. The number of hydrogen-bond donors (Lipinski definition) is 3. The first-order valence-electron chi connectivity index (χ1n) is 14.1. The summed E-state index contributed by atoms with van der Waals surface area (Å²) in [4.78, 5) is 39.8. The van der Waals surface area contributed by atoms with Gasteiger partial charge in [0.1, 0.15) is 17.1 Å². The topological polar surface area (TPSA) is 115 Å². The molecule has 1 unspecified atom stereocenters. The lowest BCUT2D eigenvalue weighted by atomic mass is 10.1. The Kier molecular flexibility index (Phi) is 11.7. The Bertz CT molecular complexity index is 1850. The van der Waals surface area contributed by atoms with Crippen LogP contribution < -0.4 is 30.2 Å². The Morgan fingerprint density at radius 3 is 2.00 bits per heavy atom. The van der Waals surface area contributed by atoms with Crippen LogP contribution in [0.5, 0.6) is 17.2 Å². The van der Waals surface area contributed by atoms with Gasteiger partial charge in [-0.25, -0.2) is 17.6 Å². The summed E-state index contributed by atoms with van der Waals surface area (Å²) in [7, 11) is 4.32. The molecule has 4 aromatic rings. The molecule has 3 N–H and O–H groups in total. The lowest BCUT2D eigenvalue weighted by Gasteiger charge is -2.16. The van der Waals surface area contributed by atoms with E-state index < -0.39 is 51.9 Å². The Hall–Kier alpha value is -5.50. The molecular formula is C34H29F4N3O6S. The molecule has 0 radical (unpaired) electrons. The lowest BCUT2D eigenvalue weighted by molar-refractivity contribution is -0.115. The minimum absolute atomic E-state index is 0.0380. The molecule has 0 saturated carbocycles. The van der Waals surface area contributed by atoms with Crippen LogP contribution in [0.4, 0.5) is 28.9 Å². The normalized spacial score (nSPS) is 11.7. The fraction of sp³-hybridized carbons (Fsp3) is 0.147. The molecule has 0 heterocycles. The number of halogens is 4. The maximum absolute atomic E-state index is 14.1. The number of anilines is 2. The number of thioether (sulfide) groups is 1. The Labute approximate surface area is 277 Å². The first kappa shape index (κ1) is 35.4. The zero-order chi connectivity index (χ0) is 35.0. The summed E-state index contributed by atoms with van der Waals surface area (Å²) >= 11 is 0.941.